The summed E-state index contributed by atoms with van der Waals surface area (Å²) in [5, 5.41) is 11.6. The number of hydrogen-bond donors (Lipinski definition) is 1. The van der Waals surface area contributed by atoms with Gasteiger partial charge in [0.2, 0.25) is 0 Å². The van der Waals surface area contributed by atoms with Gasteiger partial charge in [0.15, 0.2) is 5.78 Å². The number of carbonyl (C=O) groups is 3. The first-order valence-corrected chi connectivity index (χ1v) is 11.4. The fraction of sp³-hybridized carbons (Fsp3) is 0.792. The Morgan fingerprint density at radius 3 is 2.63 bits per heavy atom. The molecule has 6 heteroatoms. The SMILES string of the molecule is COC(=O)[C@H]1CC2=CC(=O)CC[C@]2(C)[C@@H]2[C@@H]1[C@H]1CC[C@@]3(CCC(=O)O3)[C@]1(C)C[C@H]2O. The standard InChI is InChI=1S/C24H32O6/c1-22-7-4-14(25)10-13(22)11-15(21(28)29-3)19-16-5-8-24(9-6-18(27)30-24)23(16,2)12-17(26)20(19)22/h10,15-17,19-20,26H,4-9,11-12H2,1-3H3/t15-,16+,17+,19-,20-,22-,23+,24+/m0/s1. The fourth-order valence-electron chi connectivity index (χ4n) is 8.35. The van der Waals surface area contributed by atoms with Crippen LogP contribution in [-0.2, 0) is 23.9 Å². The average Bonchev–Trinajstić information content (AvgIpc) is 3.21. The number of hydrogen-bond acceptors (Lipinski definition) is 6. The van der Waals surface area contributed by atoms with E-state index < -0.39 is 11.7 Å². The Morgan fingerprint density at radius 2 is 1.97 bits per heavy atom. The van der Waals surface area contributed by atoms with E-state index in [1.165, 1.54) is 7.11 Å². The first-order chi connectivity index (χ1) is 14.1. The van der Waals surface area contributed by atoms with Crippen molar-refractivity contribution >= 4 is 17.7 Å². The molecule has 164 valence electrons. The molecule has 4 aliphatic carbocycles. The summed E-state index contributed by atoms with van der Waals surface area (Å²) >= 11 is 0. The van der Waals surface area contributed by atoms with E-state index >= 15 is 0 Å². The quantitative estimate of drug-likeness (QED) is 0.661. The van der Waals surface area contributed by atoms with Crippen LogP contribution in [0.25, 0.3) is 0 Å². The van der Waals surface area contributed by atoms with Crippen molar-refractivity contribution in [2.45, 2.75) is 76.9 Å². The topological polar surface area (TPSA) is 89.9 Å². The highest BCUT2D eigenvalue weighted by Crippen LogP contribution is 2.70. The lowest BCUT2D eigenvalue weighted by atomic mass is 9.43. The molecule has 0 aromatic rings. The monoisotopic (exact) mass is 416 g/mol. The molecule has 0 bridgehead atoms. The van der Waals surface area contributed by atoms with E-state index in [1.807, 2.05) is 0 Å². The van der Waals surface area contributed by atoms with Crippen molar-refractivity contribution in [3.05, 3.63) is 11.6 Å². The molecule has 1 spiro atoms. The third-order valence-electron chi connectivity index (χ3n) is 9.79. The summed E-state index contributed by atoms with van der Waals surface area (Å²) in [6, 6.07) is 0. The van der Waals surface area contributed by atoms with Crippen molar-refractivity contribution in [2.24, 2.45) is 34.5 Å². The minimum absolute atomic E-state index is 0.0415. The summed E-state index contributed by atoms with van der Waals surface area (Å²) in [6.07, 6.45) is 6.21. The molecule has 6 nitrogen and oxygen atoms in total. The molecule has 1 saturated heterocycles. The van der Waals surface area contributed by atoms with Gasteiger partial charge in [-0.2, -0.15) is 0 Å². The number of rotatable bonds is 1. The molecular formula is C24H32O6. The van der Waals surface area contributed by atoms with Gasteiger partial charge < -0.3 is 14.6 Å². The molecule has 1 heterocycles. The highest BCUT2D eigenvalue weighted by molar-refractivity contribution is 5.92. The van der Waals surface area contributed by atoms with Gasteiger partial charge in [0.05, 0.1) is 19.1 Å². The van der Waals surface area contributed by atoms with E-state index in [0.717, 1.165) is 18.4 Å². The van der Waals surface area contributed by atoms with Gasteiger partial charge in [-0.25, -0.2) is 0 Å². The first-order valence-electron chi connectivity index (χ1n) is 11.4. The van der Waals surface area contributed by atoms with Gasteiger partial charge in [0, 0.05) is 18.3 Å². The zero-order valence-electron chi connectivity index (χ0n) is 18.1. The van der Waals surface area contributed by atoms with Gasteiger partial charge >= 0.3 is 11.9 Å². The Balaban J connectivity index is 1.62. The average molecular weight is 417 g/mol. The molecule has 5 rings (SSSR count). The van der Waals surface area contributed by atoms with Crippen molar-refractivity contribution < 1.29 is 29.0 Å². The predicted molar refractivity (Wildman–Crippen MR) is 107 cm³/mol. The van der Waals surface area contributed by atoms with Crippen LogP contribution in [-0.4, -0.2) is 41.6 Å². The predicted octanol–water partition coefficient (Wildman–Crippen LogP) is 2.96. The van der Waals surface area contributed by atoms with Crippen LogP contribution < -0.4 is 0 Å². The van der Waals surface area contributed by atoms with Crippen molar-refractivity contribution in [3.63, 3.8) is 0 Å². The highest BCUT2D eigenvalue weighted by Gasteiger charge is 2.71. The zero-order valence-corrected chi connectivity index (χ0v) is 18.1. The largest absolute Gasteiger partial charge is 0.469 e. The van der Waals surface area contributed by atoms with Crippen LogP contribution >= 0.6 is 0 Å². The van der Waals surface area contributed by atoms with E-state index in [-0.39, 0.29) is 52.2 Å². The van der Waals surface area contributed by atoms with Gasteiger partial charge in [-0.05, 0) is 67.8 Å². The normalized spacial score (nSPS) is 49.7. The van der Waals surface area contributed by atoms with Crippen LogP contribution in [0.2, 0.25) is 0 Å². The maximum atomic E-state index is 12.9. The number of carbonyl (C=O) groups excluding carboxylic acids is 3. The minimum atomic E-state index is -0.611. The summed E-state index contributed by atoms with van der Waals surface area (Å²) in [7, 11) is 1.42. The van der Waals surface area contributed by atoms with Crippen LogP contribution in [0.1, 0.15) is 65.2 Å². The lowest BCUT2D eigenvalue weighted by molar-refractivity contribution is -0.197. The molecule has 3 saturated carbocycles. The molecule has 5 aliphatic rings. The Kier molecular flexibility index (Phi) is 4.32. The van der Waals surface area contributed by atoms with Gasteiger partial charge in [0.1, 0.15) is 5.60 Å². The number of ketones is 1. The zero-order chi connectivity index (χ0) is 21.5. The first kappa shape index (κ1) is 20.2. The van der Waals surface area contributed by atoms with Crippen LogP contribution in [0.4, 0.5) is 0 Å². The smallest absolute Gasteiger partial charge is 0.309 e. The van der Waals surface area contributed by atoms with Crippen LogP contribution in [0.15, 0.2) is 11.6 Å². The maximum Gasteiger partial charge on any atom is 0.309 e. The molecule has 8 atom stereocenters. The number of methoxy groups -OCH3 is 1. The number of esters is 2. The molecule has 0 amide bonds. The van der Waals surface area contributed by atoms with Crippen molar-refractivity contribution in [1.82, 2.24) is 0 Å². The van der Waals surface area contributed by atoms with Crippen LogP contribution in [0, 0.1) is 34.5 Å². The number of fused-ring (bicyclic) bond motifs is 6. The number of aliphatic hydroxyl groups excluding tert-OH is 1. The summed E-state index contributed by atoms with van der Waals surface area (Å²) in [6.45, 7) is 4.33. The molecular weight excluding hydrogens is 384 g/mol. The fourth-order valence-corrected chi connectivity index (χ4v) is 8.35. The second kappa shape index (κ2) is 6.41. The second-order valence-corrected chi connectivity index (χ2v) is 10.8. The maximum absolute atomic E-state index is 12.9. The Morgan fingerprint density at radius 1 is 1.20 bits per heavy atom. The molecule has 30 heavy (non-hydrogen) atoms. The Bertz CT molecular complexity index is 847. The third kappa shape index (κ3) is 2.43. The van der Waals surface area contributed by atoms with Crippen molar-refractivity contribution in [2.75, 3.05) is 7.11 Å². The third-order valence-corrected chi connectivity index (χ3v) is 9.79. The summed E-state index contributed by atoms with van der Waals surface area (Å²) in [5.74, 6) is -0.636. The lowest BCUT2D eigenvalue weighted by Gasteiger charge is -2.62. The molecule has 4 fully saturated rings. The molecule has 1 aliphatic heterocycles. The number of aliphatic hydroxyl groups is 1. The Hall–Kier alpha value is -1.69. The van der Waals surface area contributed by atoms with E-state index in [1.54, 1.807) is 6.08 Å². The minimum Gasteiger partial charge on any atom is -0.469 e. The summed E-state index contributed by atoms with van der Waals surface area (Å²) in [4.78, 5) is 37.2. The van der Waals surface area contributed by atoms with E-state index in [9.17, 15) is 19.5 Å². The van der Waals surface area contributed by atoms with Crippen molar-refractivity contribution in [1.29, 1.82) is 0 Å². The molecule has 0 radical (unpaired) electrons. The van der Waals surface area contributed by atoms with Gasteiger partial charge in [0.25, 0.3) is 0 Å². The van der Waals surface area contributed by atoms with Gasteiger partial charge in [-0.1, -0.05) is 19.4 Å². The lowest BCUT2D eigenvalue weighted by Crippen LogP contribution is -2.62. The summed E-state index contributed by atoms with van der Waals surface area (Å²) < 4.78 is 11.2. The van der Waals surface area contributed by atoms with E-state index in [0.29, 0.717) is 38.5 Å². The van der Waals surface area contributed by atoms with E-state index in [2.05, 4.69) is 13.8 Å². The number of ether oxygens (including phenoxy) is 2. The van der Waals surface area contributed by atoms with E-state index in [4.69, 9.17) is 9.47 Å². The second-order valence-electron chi connectivity index (χ2n) is 10.8. The number of allylic oxidation sites excluding steroid dienone is 1. The van der Waals surface area contributed by atoms with Crippen molar-refractivity contribution in [3.8, 4) is 0 Å². The molecule has 0 aromatic carbocycles. The van der Waals surface area contributed by atoms with Crippen LogP contribution in [0.3, 0.4) is 0 Å². The summed E-state index contributed by atoms with van der Waals surface area (Å²) in [5.41, 5.74) is -0.168. The van der Waals surface area contributed by atoms with Gasteiger partial charge in [-0.15, -0.1) is 0 Å². The molecule has 0 unspecified atom stereocenters. The highest BCUT2D eigenvalue weighted by atomic mass is 16.6. The molecule has 1 N–H and O–H groups in total. The van der Waals surface area contributed by atoms with Crippen LogP contribution in [0.5, 0.6) is 0 Å². The molecule has 0 aromatic heterocycles. The Labute approximate surface area is 177 Å². The van der Waals surface area contributed by atoms with Gasteiger partial charge in [-0.3, -0.25) is 14.4 Å².